The van der Waals surface area contributed by atoms with Crippen molar-refractivity contribution in [3.05, 3.63) is 94.6 Å². The number of rotatable bonds is 5. The van der Waals surface area contributed by atoms with Crippen molar-refractivity contribution < 1.29 is 17.9 Å². The maximum Gasteiger partial charge on any atom is 0.147 e. The summed E-state index contributed by atoms with van der Waals surface area (Å²) in [5.41, 5.74) is 4.33. The molecule has 0 aliphatic heterocycles. The molecule has 0 bridgehead atoms. The number of aromatic nitrogens is 2. The van der Waals surface area contributed by atoms with E-state index in [1.165, 1.54) is 18.2 Å². The van der Waals surface area contributed by atoms with E-state index in [9.17, 15) is 13.2 Å². The van der Waals surface area contributed by atoms with Crippen LogP contribution in [-0.2, 0) is 13.2 Å². The van der Waals surface area contributed by atoms with Gasteiger partial charge in [0.25, 0.3) is 0 Å². The number of ether oxygens (including phenoxy) is 1. The molecule has 30 heavy (non-hydrogen) atoms. The lowest BCUT2D eigenvalue weighted by Crippen LogP contribution is -2.06. The van der Waals surface area contributed by atoms with Crippen molar-refractivity contribution in [1.82, 2.24) is 9.55 Å². The second-order valence-electron chi connectivity index (χ2n) is 6.96. The Morgan fingerprint density at radius 2 is 1.67 bits per heavy atom. The first-order valence-electron chi connectivity index (χ1n) is 9.19. The highest BCUT2D eigenvalue weighted by Crippen LogP contribution is 2.32. The van der Waals surface area contributed by atoms with Crippen molar-refractivity contribution in [2.45, 2.75) is 27.0 Å². The third-order valence-corrected chi connectivity index (χ3v) is 5.06. The average Bonchev–Trinajstić information content (AvgIpc) is 2.93. The van der Waals surface area contributed by atoms with Gasteiger partial charge in [-0.2, -0.15) is 0 Å². The van der Waals surface area contributed by atoms with Crippen LogP contribution in [0.4, 0.5) is 13.2 Å². The molecular formula is C23H20ClF3N2O. The Morgan fingerprint density at radius 3 is 2.37 bits per heavy atom. The van der Waals surface area contributed by atoms with Crippen molar-refractivity contribution >= 4 is 23.4 Å². The molecule has 0 fully saturated rings. The highest BCUT2D eigenvalue weighted by molar-refractivity contribution is 5.86. The lowest BCUT2D eigenvalue weighted by molar-refractivity contribution is 0.307. The van der Waals surface area contributed by atoms with E-state index in [1.54, 1.807) is 30.5 Å². The number of pyridine rings is 1. The second kappa shape index (κ2) is 8.79. The minimum absolute atomic E-state index is 0. The Kier molecular flexibility index (Phi) is 6.37. The van der Waals surface area contributed by atoms with Gasteiger partial charge < -0.3 is 9.30 Å². The summed E-state index contributed by atoms with van der Waals surface area (Å²) in [6.45, 7) is 4.22. The monoisotopic (exact) mass is 432 g/mol. The predicted octanol–water partition coefficient (Wildman–Crippen LogP) is 6.12. The normalized spacial score (nSPS) is 10.8. The topological polar surface area (TPSA) is 27.1 Å². The van der Waals surface area contributed by atoms with Crippen LogP contribution in [0.25, 0.3) is 11.0 Å². The molecule has 4 rings (SSSR count). The number of halogens is 4. The molecule has 0 N–H and O–H groups in total. The fourth-order valence-corrected chi connectivity index (χ4v) is 3.48. The number of nitrogens with zero attached hydrogens (tertiary/aromatic N) is 2. The summed E-state index contributed by atoms with van der Waals surface area (Å²) in [5.74, 6) is -1.07. The van der Waals surface area contributed by atoms with Gasteiger partial charge in [-0.15, -0.1) is 12.4 Å². The first-order chi connectivity index (χ1) is 13.9. The highest BCUT2D eigenvalue weighted by Gasteiger charge is 2.18. The third-order valence-electron chi connectivity index (χ3n) is 5.06. The molecule has 2 aromatic heterocycles. The van der Waals surface area contributed by atoms with E-state index in [0.29, 0.717) is 23.4 Å². The second-order valence-corrected chi connectivity index (χ2v) is 6.96. The van der Waals surface area contributed by atoms with E-state index in [2.05, 4.69) is 4.98 Å². The van der Waals surface area contributed by atoms with E-state index in [4.69, 9.17) is 4.74 Å². The van der Waals surface area contributed by atoms with Gasteiger partial charge in [0.15, 0.2) is 0 Å². The Balaban J connectivity index is 0.00000256. The zero-order valence-corrected chi connectivity index (χ0v) is 17.3. The summed E-state index contributed by atoms with van der Waals surface area (Å²) in [6, 6.07) is 11.6. The van der Waals surface area contributed by atoms with Crippen molar-refractivity contribution in [2.75, 3.05) is 0 Å². The van der Waals surface area contributed by atoms with Crippen LogP contribution in [0.2, 0.25) is 0 Å². The molecule has 0 aliphatic carbocycles. The highest BCUT2D eigenvalue weighted by atomic mass is 35.5. The molecule has 7 heteroatoms. The van der Waals surface area contributed by atoms with Crippen LogP contribution < -0.4 is 4.74 Å². The quantitative estimate of drug-likeness (QED) is 0.380. The SMILES string of the molecule is Cc1c(C)n(Cc2ccccc2F)c2c(OCc3cc(F)cc(F)c3)ccnc12.Cl. The third kappa shape index (κ3) is 4.14. The van der Waals surface area contributed by atoms with Crippen molar-refractivity contribution in [3.8, 4) is 5.75 Å². The van der Waals surface area contributed by atoms with E-state index in [-0.39, 0.29) is 24.8 Å². The summed E-state index contributed by atoms with van der Waals surface area (Å²) >= 11 is 0. The Hall–Kier alpha value is -2.99. The van der Waals surface area contributed by atoms with Crippen LogP contribution in [0.1, 0.15) is 22.4 Å². The van der Waals surface area contributed by atoms with Crippen molar-refractivity contribution in [3.63, 3.8) is 0 Å². The van der Waals surface area contributed by atoms with Crippen LogP contribution >= 0.6 is 12.4 Å². The van der Waals surface area contributed by atoms with Gasteiger partial charge in [-0.3, -0.25) is 4.98 Å². The zero-order chi connectivity index (χ0) is 20.5. The number of fused-ring (bicyclic) bond motifs is 1. The Labute approximate surface area is 178 Å². The standard InChI is InChI=1S/C23H19F3N2O.ClH/c1-14-15(2)28(12-17-5-3-4-6-20(17)26)23-21(7-8-27-22(14)23)29-13-16-9-18(24)11-19(25)10-16;/h3-11H,12-13H2,1-2H3;1H. The van der Waals surface area contributed by atoms with Gasteiger partial charge in [0.2, 0.25) is 0 Å². The van der Waals surface area contributed by atoms with Gasteiger partial charge in [-0.25, -0.2) is 13.2 Å². The van der Waals surface area contributed by atoms with Gasteiger partial charge in [0.1, 0.15) is 35.3 Å². The van der Waals surface area contributed by atoms with E-state index >= 15 is 0 Å². The molecule has 0 saturated heterocycles. The molecule has 3 nitrogen and oxygen atoms in total. The van der Waals surface area contributed by atoms with Crippen LogP contribution in [0, 0.1) is 31.3 Å². The average molecular weight is 433 g/mol. The summed E-state index contributed by atoms with van der Waals surface area (Å²) in [5, 5.41) is 0. The molecule has 2 aromatic carbocycles. The summed E-state index contributed by atoms with van der Waals surface area (Å²) in [7, 11) is 0. The smallest absolute Gasteiger partial charge is 0.147 e. The maximum atomic E-state index is 14.2. The van der Waals surface area contributed by atoms with E-state index < -0.39 is 11.6 Å². The van der Waals surface area contributed by atoms with E-state index in [0.717, 1.165) is 28.4 Å². The molecule has 4 aromatic rings. The van der Waals surface area contributed by atoms with Gasteiger partial charge in [0, 0.05) is 29.6 Å². The van der Waals surface area contributed by atoms with Crippen LogP contribution in [0.15, 0.2) is 54.7 Å². The van der Waals surface area contributed by atoms with Crippen LogP contribution in [-0.4, -0.2) is 9.55 Å². The largest absolute Gasteiger partial charge is 0.487 e. The summed E-state index contributed by atoms with van der Waals surface area (Å²) in [4.78, 5) is 4.46. The van der Waals surface area contributed by atoms with Crippen LogP contribution in [0.5, 0.6) is 5.75 Å². The number of hydrogen-bond acceptors (Lipinski definition) is 2. The first-order valence-corrected chi connectivity index (χ1v) is 9.19. The van der Waals surface area contributed by atoms with E-state index in [1.807, 2.05) is 18.4 Å². The predicted molar refractivity (Wildman–Crippen MR) is 113 cm³/mol. The molecule has 0 saturated carbocycles. The van der Waals surface area contributed by atoms with Gasteiger partial charge in [0.05, 0.1) is 12.1 Å². The molecule has 0 atom stereocenters. The van der Waals surface area contributed by atoms with Gasteiger partial charge >= 0.3 is 0 Å². The zero-order valence-electron chi connectivity index (χ0n) is 16.5. The number of aryl methyl sites for hydroxylation is 1. The lowest BCUT2D eigenvalue weighted by atomic mass is 10.2. The summed E-state index contributed by atoms with van der Waals surface area (Å²) in [6.07, 6.45) is 1.63. The lowest BCUT2D eigenvalue weighted by Gasteiger charge is -2.13. The summed E-state index contributed by atoms with van der Waals surface area (Å²) < 4.78 is 49.0. The molecular weight excluding hydrogens is 413 g/mol. The van der Waals surface area contributed by atoms with Gasteiger partial charge in [-0.05, 0) is 43.2 Å². The minimum atomic E-state index is -0.655. The van der Waals surface area contributed by atoms with Crippen molar-refractivity contribution in [1.29, 1.82) is 0 Å². The Morgan fingerprint density at radius 1 is 0.967 bits per heavy atom. The maximum absolute atomic E-state index is 14.2. The van der Waals surface area contributed by atoms with Crippen molar-refractivity contribution in [2.24, 2.45) is 0 Å². The number of benzene rings is 2. The fourth-order valence-electron chi connectivity index (χ4n) is 3.48. The molecule has 0 unspecified atom stereocenters. The van der Waals surface area contributed by atoms with Crippen LogP contribution in [0.3, 0.4) is 0 Å². The molecule has 156 valence electrons. The molecule has 0 spiro atoms. The molecule has 0 aliphatic rings. The number of hydrogen-bond donors (Lipinski definition) is 0. The Bertz CT molecular complexity index is 1190. The molecule has 2 heterocycles. The molecule has 0 radical (unpaired) electrons. The van der Waals surface area contributed by atoms with Gasteiger partial charge in [-0.1, -0.05) is 18.2 Å². The minimum Gasteiger partial charge on any atom is -0.487 e. The first kappa shape index (κ1) is 21.7. The fraction of sp³-hybridized carbons (Fsp3) is 0.174. The molecule has 0 amide bonds.